The van der Waals surface area contributed by atoms with Crippen LogP contribution in [-0.4, -0.2) is 51.2 Å². The summed E-state index contributed by atoms with van der Waals surface area (Å²) >= 11 is 3.21. The molecule has 3 heterocycles. The van der Waals surface area contributed by atoms with Crippen LogP contribution in [0, 0.1) is 0 Å². The predicted octanol–water partition coefficient (Wildman–Crippen LogP) is 2.35. The van der Waals surface area contributed by atoms with Gasteiger partial charge < -0.3 is 25.1 Å². The number of alkyl carbamates (subject to hydrolysis) is 1. The van der Waals surface area contributed by atoms with E-state index >= 15 is 0 Å². The van der Waals surface area contributed by atoms with Gasteiger partial charge in [0.25, 0.3) is 0 Å². The van der Waals surface area contributed by atoms with Gasteiger partial charge in [-0.05, 0) is 18.2 Å². The van der Waals surface area contributed by atoms with Crippen molar-refractivity contribution in [3.05, 3.63) is 44.9 Å². The van der Waals surface area contributed by atoms with Crippen LogP contribution in [0.15, 0.2) is 33.7 Å². The number of rotatable bonds is 6. The minimum absolute atomic E-state index is 0.117. The summed E-state index contributed by atoms with van der Waals surface area (Å²) < 4.78 is 49.0. The van der Waals surface area contributed by atoms with Gasteiger partial charge in [0.15, 0.2) is 5.65 Å². The zero-order valence-electron chi connectivity index (χ0n) is 15.5. The molecule has 1 aliphatic heterocycles. The molecule has 1 aromatic carbocycles. The molecule has 1 amide bonds. The molecule has 3 aromatic rings. The van der Waals surface area contributed by atoms with Crippen molar-refractivity contribution in [3.63, 3.8) is 0 Å². The maximum atomic E-state index is 12.7. The predicted molar refractivity (Wildman–Crippen MR) is 105 cm³/mol. The lowest BCUT2D eigenvalue weighted by Gasteiger charge is -2.14. The van der Waals surface area contributed by atoms with Crippen LogP contribution in [0.5, 0.6) is 5.75 Å². The van der Waals surface area contributed by atoms with E-state index in [1.54, 1.807) is 0 Å². The molecule has 0 bridgehead atoms. The average Bonchev–Trinajstić information content (AvgIpc) is 3.24. The minimum Gasteiger partial charge on any atom is -0.442 e. The quantitative estimate of drug-likeness (QED) is 0.472. The number of fused-ring (bicyclic) bond motifs is 1. The SMILES string of the molecule is O=C1NC[C@H](CNc2ncc3[nH]c(=O)n(Cc4cc(Br)ccc4OC(F)(F)F)c3n2)O1. The normalized spacial score (nSPS) is 16.3. The summed E-state index contributed by atoms with van der Waals surface area (Å²) in [5.41, 5.74) is 0.0276. The number of aromatic amines is 1. The van der Waals surface area contributed by atoms with Gasteiger partial charge in [-0.25, -0.2) is 14.6 Å². The Kier molecular flexibility index (Phi) is 5.47. The number of benzene rings is 1. The Balaban J connectivity index is 1.62. The second kappa shape index (κ2) is 8.09. The maximum absolute atomic E-state index is 12.7. The van der Waals surface area contributed by atoms with Crippen LogP contribution in [0.4, 0.5) is 23.9 Å². The number of alkyl halides is 3. The van der Waals surface area contributed by atoms with Crippen molar-refractivity contribution >= 4 is 39.1 Å². The van der Waals surface area contributed by atoms with Gasteiger partial charge in [-0.3, -0.25) is 4.57 Å². The highest BCUT2D eigenvalue weighted by Gasteiger charge is 2.32. The Morgan fingerprint density at radius 1 is 1.35 bits per heavy atom. The second-order valence-corrected chi connectivity index (χ2v) is 7.45. The largest absolute Gasteiger partial charge is 0.573 e. The fraction of sp³-hybridized carbons (Fsp3) is 0.294. The molecule has 1 aliphatic rings. The Bertz CT molecular complexity index is 1190. The molecule has 10 nitrogen and oxygen atoms in total. The number of H-pyrrole nitrogens is 1. The number of halogens is 4. The van der Waals surface area contributed by atoms with E-state index in [1.807, 2.05) is 0 Å². The zero-order valence-corrected chi connectivity index (χ0v) is 17.1. The maximum Gasteiger partial charge on any atom is 0.573 e. The number of carbonyl (C=O) groups excluding carboxylic acids is 1. The minimum atomic E-state index is -4.88. The molecule has 31 heavy (non-hydrogen) atoms. The van der Waals surface area contributed by atoms with Crippen LogP contribution in [0.25, 0.3) is 11.2 Å². The van der Waals surface area contributed by atoms with Gasteiger partial charge in [0.2, 0.25) is 5.95 Å². The molecular weight excluding hydrogens is 489 g/mol. The first-order chi connectivity index (χ1) is 14.7. The monoisotopic (exact) mass is 502 g/mol. The topological polar surface area (TPSA) is 123 Å². The molecule has 2 aromatic heterocycles. The lowest BCUT2D eigenvalue weighted by atomic mass is 10.2. The van der Waals surface area contributed by atoms with E-state index in [9.17, 15) is 22.8 Å². The average molecular weight is 503 g/mol. The van der Waals surface area contributed by atoms with Crippen LogP contribution in [0.1, 0.15) is 5.56 Å². The number of hydrogen-bond donors (Lipinski definition) is 3. The third-order valence-corrected chi connectivity index (χ3v) is 4.82. The molecule has 0 saturated carbocycles. The van der Waals surface area contributed by atoms with Gasteiger partial charge in [-0.2, -0.15) is 4.98 Å². The first-order valence-electron chi connectivity index (χ1n) is 8.86. The van der Waals surface area contributed by atoms with Gasteiger partial charge in [-0.1, -0.05) is 15.9 Å². The van der Waals surface area contributed by atoms with E-state index in [-0.39, 0.29) is 30.2 Å². The Morgan fingerprint density at radius 3 is 2.87 bits per heavy atom. The number of anilines is 1. The van der Waals surface area contributed by atoms with Crippen LogP contribution in [0.3, 0.4) is 0 Å². The summed E-state index contributed by atoms with van der Waals surface area (Å²) in [4.78, 5) is 34.4. The summed E-state index contributed by atoms with van der Waals surface area (Å²) in [6.45, 7) is 0.326. The number of imidazole rings is 1. The zero-order chi connectivity index (χ0) is 22.2. The first-order valence-corrected chi connectivity index (χ1v) is 9.65. The molecule has 0 radical (unpaired) electrons. The van der Waals surface area contributed by atoms with Crippen LogP contribution in [-0.2, 0) is 11.3 Å². The highest BCUT2D eigenvalue weighted by molar-refractivity contribution is 9.10. The van der Waals surface area contributed by atoms with E-state index < -0.39 is 30.0 Å². The molecule has 0 aliphatic carbocycles. The van der Waals surface area contributed by atoms with Crippen molar-refractivity contribution < 1.29 is 27.4 Å². The lowest BCUT2D eigenvalue weighted by molar-refractivity contribution is -0.274. The molecular formula is C17H14BrF3N6O4. The van der Waals surface area contributed by atoms with E-state index in [4.69, 9.17) is 4.74 Å². The fourth-order valence-electron chi connectivity index (χ4n) is 2.99. The van der Waals surface area contributed by atoms with Crippen molar-refractivity contribution in [1.82, 2.24) is 24.8 Å². The summed E-state index contributed by atoms with van der Waals surface area (Å²) in [5, 5.41) is 5.41. The number of nitrogens with one attached hydrogen (secondary N) is 3. The molecule has 164 valence electrons. The molecule has 0 unspecified atom stereocenters. The summed E-state index contributed by atoms with van der Waals surface area (Å²) in [5.74, 6) is -0.274. The first kappa shape index (κ1) is 21.0. The Labute approximate surface area is 179 Å². The lowest BCUT2D eigenvalue weighted by Crippen LogP contribution is -2.24. The smallest absolute Gasteiger partial charge is 0.442 e. The van der Waals surface area contributed by atoms with Crippen molar-refractivity contribution in [1.29, 1.82) is 0 Å². The number of hydrogen-bond acceptors (Lipinski definition) is 7. The number of nitrogens with zero attached hydrogens (tertiary/aromatic N) is 3. The molecule has 14 heteroatoms. The number of ether oxygens (including phenoxy) is 2. The Hall–Kier alpha value is -3.29. The van der Waals surface area contributed by atoms with Crippen molar-refractivity contribution in [2.45, 2.75) is 19.0 Å². The summed E-state index contributed by atoms with van der Waals surface area (Å²) in [6.07, 6.45) is -4.45. The molecule has 4 rings (SSSR count). The molecule has 3 N–H and O–H groups in total. The molecule has 1 saturated heterocycles. The van der Waals surface area contributed by atoms with E-state index in [1.165, 1.54) is 22.9 Å². The van der Waals surface area contributed by atoms with Crippen LogP contribution >= 0.6 is 15.9 Å². The van der Waals surface area contributed by atoms with E-state index in [0.29, 0.717) is 16.5 Å². The summed E-state index contributed by atoms with van der Waals surface area (Å²) in [7, 11) is 0. The van der Waals surface area contributed by atoms with Gasteiger partial charge in [0.1, 0.15) is 17.4 Å². The molecule has 1 atom stereocenters. The standard InChI is InChI=1S/C17H14BrF3N6O4/c18-9-1-2-12(31-17(19,20)21)8(3-9)7-27-13-11(25-15(27)28)6-23-14(26-13)22-4-10-5-24-16(29)30-10/h1-3,6,10H,4-5,7H2,(H,24,29)(H,25,28)(H,22,23,26)/t10-/m0/s1. The molecule has 0 spiro atoms. The number of carbonyl (C=O) groups is 1. The number of aromatic nitrogens is 4. The van der Waals surface area contributed by atoms with Crippen LogP contribution in [0.2, 0.25) is 0 Å². The van der Waals surface area contributed by atoms with E-state index in [2.05, 4.69) is 46.3 Å². The number of cyclic esters (lactones) is 1. The van der Waals surface area contributed by atoms with Crippen LogP contribution < -0.4 is 21.1 Å². The summed E-state index contributed by atoms with van der Waals surface area (Å²) in [6, 6.07) is 3.98. The van der Waals surface area contributed by atoms with Gasteiger partial charge in [0, 0.05) is 10.0 Å². The third kappa shape index (κ3) is 4.90. The van der Waals surface area contributed by atoms with Crippen molar-refractivity contribution in [2.24, 2.45) is 0 Å². The third-order valence-electron chi connectivity index (χ3n) is 4.32. The van der Waals surface area contributed by atoms with Gasteiger partial charge in [0.05, 0.1) is 25.8 Å². The Morgan fingerprint density at radius 2 is 2.16 bits per heavy atom. The number of amides is 1. The highest BCUT2D eigenvalue weighted by atomic mass is 79.9. The molecule has 1 fully saturated rings. The van der Waals surface area contributed by atoms with Gasteiger partial charge >= 0.3 is 18.1 Å². The highest BCUT2D eigenvalue weighted by Crippen LogP contribution is 2.29. The van der Waals surface area contributed by atoms with Crippen molar-refractivity contribution in [2.75, 3.05) is 18.4 Å². The van der Waals surface area contributed by atoms with E-state index in [0.717, 1.165) is 6.07 Å². The van der Waals surface area contributed by atoms with Crippen molar-refractivity contribution in [3.8, 4) is 5.75 Å². The van der Waals surface area contributed by atoms with Gasteiger partial charge in [-0.15, -0.1) is 13.2 Å². The second-order valence-electron chi connectivity index (χ2n) is 6.54. The fourth-order valence-corrected chi connectivity index (χ4v) is 3.40.